The summed E-state index contributed by atoms with van der Waals surface area (Å²) in [5.74, 6) is 2.18. The van der Waals surface area contributed by atoms with Crippen LogP contribution in [0.1, 0.15) is 0 Å². The van der Waals surface area contributed by atoms with Gasteiger partial charge in [0.25, 0.3) is 0 Å². The highest BCUT2D eigenvalue weighted by atomic mass is 16.3. The van der Waals surface area contributed by atoms with Gasteiger partial charge in [0, 0.05) is 49.2 Å². The molecule has 8 nitrogen and oxygen atoms in total. The average Bonchev–Trinajstić information content (AvgIpc) is 3.97. The summed E-state index contributed by atoms with van der Waals surface area (Å²) in [5, 5.41) is 4.81. The molecule has 0 aliphatic heterocycles. The standard InChI is InChI=1S/C49H27N5O3/c1-3-13-28(14-4-1)42-45-43(34-18-8-10-23-38(34)57-45)51-47(50-42)30-25-26-33-40(27-30)55-39-24-12-20-35(41(33)39)48-52-46(29-15-5-2-6-16-29)53-49(54-48)36-21-11-19-32-31-17-7-9-22-37(31)56-44(32)36/h1-27H. The number of rotatable bonds is 5. The van der Waals surface area contributed by atoms with Crippen LogP contribution in [-0.2, 0) is 0 Å². The van der Waals surface area contributed by atoms with Crippen molar-refractivity contribution in [1.82, 2.24) is 24.9 Å². The summed E-state index contributed by atoms with van der Waals surface area (Å²) in [6.07, 6.45) is 0. The van der Waals surface area contributed by atoms with E-state index in [9.17, 15) is 0 Å². The largest absolute Gasteiger partial charge is 0.456 e. The lowest BCUT2D eigenvalue weighted by Crippen LogP contribution is -2.00. The monoisotopic (exact) mass is 733 g/mol. The quantitative estimate of drug-likeness (QED) is 0.172. The van der Waals surface area contributed by atoms with Gasteiger partial charge in [-0.2, -0.15) is 0 Å². The molecule has 0 fully saturated rings. The summed E-state index contributed by atoms with van der Waals surface area (Å²) in [5.41, 5.74) is 10.1. The van der Waals surface area contributed by atoms with Crippen molar-refractivity contribution in [1.29, 1.82) is 0 Å². The van der Waals surface area contributed by atoms with Crippen LogP contribution in [0.5, 0.6) is 0 Å². The molecule has 8 heteroatoms. The molecule has 0 aliphatic carbocycles. The van der Waals surface area contributed by atoms with Gasteiger partial charge >= 0.3 is 0 Å². The summed E-state index contributed by atoms with van der Waals surface area (Å²) < 4.78 is 19.4. The van der Waals surface area contributed by atoms with Gasteiger partial charge < -0.3 is 13.3 Å². The maximum absolute atomic E-state index is 6.60. The Kier molecular flexibility index (Phi) is 6.76. The van der Waals surface area contributed by atoms with Crippen LogP contribution in [0.15, 0.2) is 177 Å². The summed E-state index contributed by atoms with van der Waals surface area (Å²) in [7, 11) is 0. The molecule has 57 heavy (non-hydrogen) atoms. The van der Waals surface area contributed by atoms with Crippen LogP contribution >= 0.6 is 0 Å². The normalized spacial score (nSPS) is 11.9. The first-order valence-electron chi connectivity index (χ1n) is 18.7. The molecule has 12 rings (SSSR count). The van der Waals surface area contributed by atoms with Crippen molar-refractivity contribution in [2.45, 2.75) is 0 Å². The van der Waals surface area contributed by atoms with Gasteiger partial charge in [-0.15, -0.1) is 0 Å². The van der Waals surface area contributed by atoms with Crippen molar-refractivity contribution in [2.75, 3.05) is 0 Å². The van der Waals surface area contributed by atoms with Gasteiger partial charge in [-0.05, 0) is 42.5 Å². The average molecular weight is 734 g/mol. The molecule has 0 saturated heterocycles. The molecule has 0 amide bonds. The zero-order valence-electron chi connectivity index (χ0n) is 30.0. The van der Waals surface area contributed by atoms with Gasteiger partial charge in [0.1, 0.15) is 39.1 Å². The lowest BCUT2D eigenvalue weighted by molar-refractivity contribution is 0.667. The Morgan fingerprint density at radius 1 is 0.316 bits per heavy atom. The first-order chi connectivity index (χ1) is 28.2. The van der Waals surface area contributed by atoms with Crippen LogP contribution in [0.4, 0.5) is 0 Å². The minimum Gasteiger partial charge on any atom is -0.456 e. The highest BCUT2D eigenvalue weighted by Gasteiger charge is 2.22. The fourth-order valence-electron chi connectivity index (χ4n) is 7.92. The molecule has 0 N–H and O–H groups in total. The highest BCUT2D eigenvalue weighted by molar-refractivity contribution is 6.13. The summed E-state index contributed by atoms with van der Waals surface area (Å²) >= 11 is 0. The van der Waals surface area contributed by atoms with Crippen molar-refractivity contribution < 1.29 is 13.3 Å². The number of hydrogen-bond acceptors (Lipinski definition) is 8. The molecular weight excluding hydrogens is 707 g/mol. The zero-order chi connectivity index (χ0) is 37.5. The van der Waals surface area contributed by atoms with Gasteiger partial charge in [-0.3, -0.25) is 0 Å². The summed E-state index contributed by atoms with van der Waals surface area (Å²) in [6, 6.07) is 54.2. The zero-order valence-corrected chi connectivity index (χ0v) is 30.0. The number of para-hydroxylation sites is 3. The van der Waals surface area contributed by atoms with E-state index in [1.807, 2.05) is 146 Å². The number of nitrogens with zero attached hydrogens (tertiary/aromatic N) is 5. The first kappa shape index (κ1) is 31.4. The van der Waals surface area contributed by atoms with Gasteiger partial charge in [0.15, 0.2) is 28.9 Å². The fraction of sp³-hybridized carbons (Fsp3) is 0. The fourth-order valence-corrected chi connectivity index (χ4v) is 7.92. The van der Waals surface area contributed by atoms with Crippen molar-refractivity contribution in [3.05, 3.63) is 164 Å². The van der Waals surface area contributed by atoms with E-state index in [2.05, 4.69) is 18.2 Å². The highest BCUT2D eigenvalue weighted by Crippen LogP contribution is 2.41. The lowest BCUT2D eigenvalue weighted by atomic mass is 10.0. The minimum absolute atomic E-state index is 0.518. The lowest BCUT2D eigenvalue weighted by Gasteiger charge is -2.09. The van der Waals surface area contributed by atoms with E-state index in [0.717, 1.165) is 82.7 Å². The molecule has 0 aliphatic rings. The van der Waals surface area contributed by atoms with Gasteiger partial charge in [0.2, 0.25) is 0 Å². The number of fused-ring (bicyclic) bond motifs is 9. The Labute approximate surface area is 323 Å². The van der Waals surface area contributed by atoms with E-state index in [4.69, 9.17) is 38.2 Å². The Balaban J connectivity index is 1.05. The third-order valence-corrected chi connectivity index (χ3v) is 10.6. The molecule has 0 saturated carbocycles. The third-order valence-electron chi connectivity index (χ3n) is 10.6. The molecule has 5 heterocycles. The predicted octanol–water partition coefficient (Wildman–Crippen LogP) is 12.7. The first-order valence-corrected chi connectivity index (χ1v) is 18.7. The van der Waals surface area contributed by atoms with Crippen LogP contribution < -0.4 is 0 Å². The predicted molar refractivity (Wildman–Crippen MR) is 224 cm³/mol. The minimum atomic E-state index is 0.518. The molecule has 0 spiro atoms. The Hall–Kier alpha value is -7.97. The molecule has 12 aromatic rings. The molecule has 266 valence electrons. The van der Waals surface area contributed by atoms with Crippen LogP contribution in [0, 0.1) is 0 Å². The molecule has 0 unspecified atom stereocenters. The smallest absolute Gasteiger partial charge is 0.180 e. The van der Waals surface area contributed by atoms with Gasteiger partial charge in [-0.25, -0.2) is 24.9 Å². The van der Waals surface area contributed by atoms with Crippen molar-refractivity contribution in [3.8, 4) is 56.8 Å². The molecule has 0 atom stereocenters. The van der Waals surface area contributed by atoms with Crippen molar-refractivity contribution >= 4 is 65.9 Å². The van der Waals surface area contributed by atoms with Crippen LogP contribution in [0.2, 0.25) is 0 Å². The Morgan fingerprint density at radius 3 is 1.74 bits per heavy atom. The van der Waals surface area contributed by atoms with E-state index in [1.54, 1.807) is 0 Å². The van der Waals surface area contributed by atoms with Crippen molar-refractivity contribution in [2.24, 2.45) is 0 Å². The number of benzene rings is 7. The van der Waals surface area contributed by atoms with Gasteiger partial charge in [-0.1, -0.05) is 121 Å². The van der Waals surface area contributed by atoms with E-state index in [-0.39, 0.29) is 0 Å². The van der Waals surface area contributed by atoms with E-state index < -0.39 is 0 Å². The van der Waals surface area contributed by atoms with Crippen LogP contribution in [0.25, 0.3) is 123 Å². The maximum atomic E-state index is 6.60. The Bertz CT molecular complexity index is 3530. The second kappa shape index (κ2) is 12.3. The maximum Gasteiger partial charge on any atom is 0.180 e. The van der Waals surface area contributed by atoms with E-state index >= 15 is 0 Å². The molecular formula is C49H27N5O3. The van der Waals surface area contributed by atoms with Crippen molar-refractivity contribution in [3.63, 3.8) is 0 Å². The van der Waals surface area contributed by atoms with Crippen LogP contribution in [0.3, 0.4) is 0 Å². The number of aromatic nitrogens is 5. The third kappa shape index (κ3) is 4.97. The summed E-state index contributed by atoms with van der Waals surface area (Å²) in [6.45, 7) is 0. The SMILES string of the molecule is c1ccc(-c2nc(-c3cccc4c3oc3ccccc34)nc(-c3cccc4oc5cc(-c6nc(-c7ccccc7)c7oc8ccccc8c7n6)ccc5c34)n2)cc1. The molecule has 0 bridgehead atoms. The topological polar surface area (TPSA) is 104 Å². The van der Waals surface area contributed by atoms with E-state index in [1.165, 1.54) is 0 Å². The summed E-state index contributed by atoms with van der Waals surface area (Å²) in [4.78, 5) is 25.4. The second-order valence-corrected chi connectivity index (χ2v) is 14.0. The second-order valence-electron chi connectivity index (χ2n) is 14.0. The molecule has 5 aromatic heterocycles. The number of furan rings is 3. The van der Waals surface area contributed by atoms with E-state index in [0.29, 0.717) is 40.0 Å². The van der Waals surface area contributed by atoms with Crippen LogP contribution in [-0.4, -0.2) is 24.9 Å². The number of hydrogen-bond donors (Lipinski definition) is 0. The Morgan fingerprint density at radius 2 is 0.912 bits per heavy atom. The molecule has 0 radical (unpaired) electrons. The van der Waals surface area contributed by atoms with Gasteiger partial charge in [0.05, 0.1) is 5.56 Å². The molecule has 7 aromatic carbocycles.